The van der Waals surface area contributed by atoms with Crippen LogP contribution in [-0.2, 0) is 28.5 Å². The van der Waals surface area contributed by atoms with Gasteiger partial charge in [0.2, 0.25) is 0 Å². The lowest BCUT2D eigenvalue weighted by Gasteiger charge is -2.19. The molecule has 276 valence electrons. The van der Waals surface area contributed by atoms with Gasteiger partial charge >= 0.3 is 18.1 Å². The average molecular weight is 735 g/mol. The molecule has 11 heteroatoms. The minimum Gasteiger partial charge on any atom is -0.454 e. The van der Waals surface area contributed by atoms with Gasteiger partial charge in [0.1, 0.15) is 11.9 Å². The van der Waals surface area contributed by atoms with E-state index in [1.165, 1.54) is 54.9 Å². The number of aryl methyl sites for hydroxylation is 2. The molecule has 0 fully saturated rings. The van der Waals surface area contributed by atoms with Gasteiger partial charge in [0.05, 0.1) is 27.9 Å². The monoisotopic (exact) mass is 734 g/mol. The number of benzene rings is 5. The first kappa shape index (κ1) is 37.5. The molecule has 0 heterocycles. The summed E-state index contributed by atoms with van der Waals surface area (Å²) in [5.41, 5.74) is 2.17. The molecule has 1 atom stereocenters. The van der Waals surface area contributed by atoms with Crippen LogP contribution < -0.4 is 10.1 Å². The number of nitrogens with zero attached hydrogens (tertiary/aromatic N) is 1. The van der Waals surface area contributed by atoms with Gasteiger partial charge in [-0.05, 0) is 96.0 Å². The average Bonchev–Trinajstić information content (AvgIpc) is 3.57. The Hall–Kier alpha value is -6.23. The summed E-state index contributed by atoms with van der Waals surface area (Å²) in [6, 6.07) is 30.5. The van der Waals surface area contributed by atoms with E-state index >= 15 is 0 Å². The molecule has 1 aliphatic carbocycles. The van der Waals surface area contributed by atoms with Gasteiger partial charge in [0.15, 0.2) is 0 Å². The molecule has 0 aromatic heterocycles. The molecule has 0 saturated carbocycles. The van der Waals surface area contributed by atoms with E-state index in [2.05, 4.69) is 5.32 Å². The fourth-order valence-electron chi connectivity index (χ4n) is 6.47. The first-order valence-electron chi connectivity index (χ1n) is 17.4. The third-order valence-corrected chi connectivity index (χ3v) is 9.15. The number of carbonyl (C=O) groups excluding carboxylic acids is 4. The standard InChI is InChI=1S/C43H37F3N2O6/c1-48(2)41(51)34-26-27(18-24-36(34)47-40(50)39-33(28-11-4-3-5-12-28)15-9-16-35(39)43(44,45)46)10-8-17-38(49)53-31-22-19-30(20-23-31)42(52)54-37-25-21-29-13-6-7-14-32(29)37/h3-7,9,11-16,18-20,22-24,26,37H,8,10,17,21,25H2,1-2H3,(H,47,50). The summed E-state index contributed by atoms with van der Waals surface area (Å²) in [6.07, 6.45) is -2.78. The number of fused-ring (bicyclic) bond motifs is 1. The van der Waals surface area contributed by atoms with E-state index in [9.17, 15) is 32.3 Å². The molecule has 8 nitrogen and oxygen atoms in total. The van der Waals surface area contributed by atoms with Crippen LogP contribution in [0.4, 0.5) is 18.9 Å². The van der Waals surface area contributed by atoms with Gasteiger partial charge in [-0.3, -0.25) is 14.4 Å². The normalized spacial score (nSPS) is 13.5. The molecular weight excluding hydrogens is 697 g/mol. The second-order valence-electron chi connectivity index (χ2n) is 13.1. The fraction of sp³-hybridized carbons (Fsp3) is 0.209. The zero-order valence-corrected chi connectivity index (χ0v) is 29.6. The van der Waals surface area contributed by atoms with Crippen LogP contribution >= 0.6 is 0 Å². The summed E-state index contributed by atoms with van der Waals surface area (Å²) in [6.45, 7) is 0. The minimum atomic E-state index is -4.81. The SMILES string of the molecule is CN(C)C(=O)c1cc(CCCC(=O)Oc2ccc(C(=O)OC3CCc4ccccc43)cc2)ccc1NC(=O)c1c(-c2ccccc2)cccc1C(F)(F)F. The highest BCUT2D eigenvalue weighted by Crippen LogP contribution is 2.38. The lowest BCUT2D eigenvalue weighted by Crippen LogP contribution is -2.25. The number of carbonyl (C=O) groups is 4. The van der Waals surface area contributed by atoms with Crippen molar-refractivity contribution in [3.05, 3.63) is 154 Å². The van der Waals surface area contributed by atoms with Crippen molar-refractivity contribution < 1.29 is 41.8 Å². The Labute approximate surface area is 310 Å². The van der Waals surface area contributed by atoms with Crippen molar-refractivity contribution in [2.24, 2.45) is 0 Å². The summed E-state index contributed by atoms with van der Waals surface area (Å²) in [5.74, 6) is -2.19. The van der Waals surface area contributed by atoms with Crippen molar-refractivity contribution in [2.75, 3.05) is 19.4 Å². The number of rotatable bonds is 11. The molecule has 6 rings (SSSR count). The predicted molar refractivity (Wildman–Crippen MR) is 197 cm³/mol. The van der Waals surface area contributed by atoms with Crippen molar-refractivity contribution in [1.29, 1.82) is 0 Å². The van der Waals surface area contributed by atoms with Crippen molar-refractivity contribution in [3.8, 4) is 16.9 Å². The number of alkyl halides is 3. The van der Waals surface area contributed by atoms with E-state index in [0.29, 0.717) is 29.5 Å². The second-order valence-corrected chi connectivity index (χ2v) is 13.1. The lowest BCUT2D eigenvalue weighted by atomic mass is 9.94. The van der Waals surface area contributed by atoms with Crippen molar-refractivity contribution in [3.63, 3.8) is 0 Å². The number of ether oxygens (including phenoxy) is 2. The van der Waals surface area contributed by atoms with E-state index in [4.69, 9.17) is 9.47 Å². The molecule has 54 heavy (non-hydrogen) atoms. The maximum atomic E-state index is 14.2. The quantitative estimate of drug-likeness (QED) is 0.107. The first-order valence-corrected chi connectivity index (χ1v) is 17.4. The molecule has 0 bridgehead atoms. The van der Waals surface area contributed by atoms with Gasteiger partial charge < -0.3 is 19.7 Å². The molecular formula is C43H37F3N2O6. The van der Waals surface area contributed by atoms with Crippen LogP contribution in [0.15, 0.2) is 115 Å². The van der Waals surface area contributed by atoms with Gasteiger partial charge in [-0.2, -0.15) is 13.2 Å². The topological polar surface area (TPSA) is 102 Å². The number of hydrogen-bond donors (Lipinski definition) is 1. The Kier molecular flexibility index (Phi) is 11.3. The molecule has 1 aliphatic rings. The summed E-state index contributed by atoms with van der Waals surface area (Å²) in [7, 11) is 3.04. The highest BCUT2D eigenvalue weighted by atomic mass is 19.4. The van der Waals surface area contributed by atoms with E-state index < -0.39 is 41.1 Å². The first-order chi connectivity index (χ1) is 25.9. The molecule has 0 spiro atoms. The Morgan fingerprint density at radius 1 is 0.833 bits per heavy atom. The summed E-state index contributed by atoms with van der Waals surface area (Å²) in [4.78, 5) is 53.6. The summed E-state index contributed by atoms with van der Waals surface area (Å²) in [5, 5.41) is 2.56. The van der Waals surface area contributed by atoms with E-state index in [1.54, 1.807) is 54.6 Å². The van der Waals surface area contributed by atoms with Crippen LogP contribution in [0, 0.1) is 0 Å². The highest BCUT2D eigenvalue weighted by Gasteiger charge is 2.37. The number of amides is 2. The maximum absolute atomic E-state index is 14.2. The molecule has 5 aromatic carbocycles. The van der Waals surface area contributed by atoms with Crippen molar-refractivity contribution >= 4 is 29.4 Å². The van der Waals surface area contributed by atoms with Crippen LogP contribution in [-0.4, -0.2) is 42.7 Å². The maximum Gasteiger partial charge on any atom is 0.417 e. The van der Waals surface area contributed by atoms with E-state index in [1.807, 2.05) is 24.3 Å². The van der Waals surface area contributed by atoms with Crippen LogP contribution in [0.2, 0.25) is 0 Å². The van der Waals surface area contributed by atoms with Gasteiger partial charge in [0.25, 0.3) is 11.8 Å². The zero-order chi connectivity index (χ0) is 38.4. The van der Waals surface area contributed by atoms with E-state index in [-0.39, 0.29) is 35.1 Å². The van der Waals surface area contributed by atoms with Gasteiger partial charge in [-0.25, -0.2) is 4.79 Å². The molecule has 1 unspecified atom stereocenters. The van der Waals surface area contributed by atoms with Crippen LogP contribution in [0.3, 0.4) is 0 Å². The fourth-order valence-corrected chi connectivity index (χ4v) is 6.47. The lowest BCUT2D eigenvalue weighted by molar-refractivity contribution is -0.138. The van der Waals surface area contributed by atoms with Gasteiger partial charge in [-0.15, -0.1) is 0 Å². The molecule has 1 N–H and O–H groups in total. The number of anilines is 1. The van der Waals surface area contributed by atoms with Crippen LogP contribution in [0.1, 0.15) is 78.7 Å². The third kappa shape index (κ3) is 8.69. The van der Waals surface area contributed by atoms with E-state index in [0.717, 1.165) is 24.5 Å². The zero-order valence-electron chi connectivity index (χ0n) is 29.6. The van der Waals surface area contributed by atoms with Crippen LogP contribution in [0.5, 0.6) is 5.75 Å². The number of halogens is 3. The summed E-state index contributed by atoms with van der Waals surface area (Å²) < 4.78 is 53.7. The highest BCUT2D eigenvalue weighted by molar-refractivity contribution is 6.12. The van der Waals surface area contributed by atoms with Gasteiger partial charge in [0, 0.05) is 20.5 Å². The second kappa shape index (κ2) is 16.2. The number of nitrogens with one attached hydrogen (secondary N) is 1. The van der Waals surface area contributed by atoms with Crippen LogP contribution in [0.25, 0.3) is 11.1 Å². The Bertz CT molecular complexity index is 2180. The van der Waals surface area contributed by atoms with Crippen molar-refractivity contribution in [1.82, 2.24) is 4.90 Å². The largest absolute Gasteiger partial charge is 0.454 e. The molecule has 5 aromatic rings. The Balaban J connectivity index is 1.09. The third-order valence-electron chi connectivity index (χ3n) is 9.15. The minimum absolute atomic E-state index is 0.0385. The number of esters is 2. The summed E-state index contributed by atoms with van der Waals surface area (Å²) >= 11 is 0. The molecule has 2 amide bonds. The Morgan fingerprint density at radius 2 is 1.56 bits per heavy atom. The number of hydrogen-bond acceptors (Lipinski definition) is 6. The predicted octanol–water partition coefficient (Wildman–Crippen LogP) is 9.10. The smallest absolute Gasteiger partial charge is 0.417 e. The Morgan fingerprint density at radius 3 is 2.28 bits per heavy atom. The van der Waals surface area contributed by atoms with Gasteiger partial charge in [-0.1, -0.05) is 72.8 Å². The van der Waals surface area contributed by atoms with Crippen molar-refractivity contribution in [2.45, 2.75) is 44.4 Å². The molecule has 0 aliphatic heterocycles. The molecule has 0 saturated heterocycles. The molecule has 0 radical (unpaired) electrons.